The molecule has 2 aromatic heterocycles. The van der Waals surface area contributed by atoms with Gasteiger partial charge in [0.1, 0.15) is 11.4 Å². The molecule has 1 aliphatic carbocycles. The van der Waals surface area contributed by atoms with E-state index in [-0.39, 0.29) is 10.6 Å². The van der Waals surface area contributed by atoms with Gasteiger partial charge in [-0.2, -0.15) is 0 Å². The van der Waals surface area contributed by atoms with Crippen LogP contribution >= 0.6 is 22.9 Å². The zero-order valence-electron chi connectivity index (χ0n) is 19.3. The van der Waals surface area contributed by atoms with Crippen molar-refractivity contribution < 1.29 is 23.0 Å². The molecule has 3 N–H and O–H groups in total. The first kappa shape index (κ1) is 25.3. The van der Waals surface area contributed by atoms with E-state index in [1.165, 1.54) is 30.4 Å². The van der Waals surface area contributed by atoms with Crippen LogP contribution in [0.5, 0.6) is 0 Å². The molecular formula is C26H24ClFN2O4S2. The van der Waals surface area contributed by atoms with Crippen molar-refractivity contribution in [1.82, 2.24) is 9.71 Å². The smallest absolute Gasteiger partial charge is 0.215 e. The number of nitrogens with zero attached hydrogens (tertiary/aromatic N) is 1. The Balaban J connectivity index is 1.65. The Morgan fingerprint density at radius 2 is 1.97 bits per heavy atom. The summed E-state index contributed by atoms with van der Waals surface area (Å²) in [5.74, 6) is -0.593. The maximum atomic E-state index is 15.0. The minimum atomic E-state index is -3.67. The third kappa shape index (κ3) is 4.79. The number of sulfonamides is 1. The van der Waals surface area contributed by atoms with E-state index in [2.05, 4.69) is 9.71 Å². The van der Waals surface area contributed by atoms with Gasteiger partial charge in [-0.15, -0.1) is 11.3 Å². The molecule has 2 heterocycles. The predicted molar refractivity (Wildman–Crippen MR) is 140 cm³/mol. The van der Waals surface area contributed by atoms with Crippen molar-refractivity contribution in [3.63, 3.8) is 0 Å². The number of aliphatic hydroxyl groups excluding tert-OH is 1. The van der Waals surface area contributed by atoms with Crippen molar-refractivity contribution in [3.05, 3.63) is 87.6 Å². The van der Waals surface area contributed by atoms with Crippen molar-refractivity contribution in [1.29, 1.82) is 0 Å². The van der Waals surface area contributed by atoms with Crippen LogP contribution in [0.15, 0.2) is 60.8 Å². The van der Waals surface area contributed by atoms with E-state index in [4.69, 9.17) is 11.6 Å². The molecule has 0 aliphatic heterocycles. The number of thiophene rings is 1. The van der Waals surface area contributed by atoms with E-state index < -0.39 is 39.3 Å². The molecule has 5 rings (SSSR count). The standard InChI is InChI=1S/C26H24ClFN2O4S2/c1-26(32,14-31)16-10-11-29-21(13-16)18-5-2-4-15-12-22(35-25(15)18)24(30-36(33,34)17-8-9-17)23-19(27)6-3-7-20(23)28/h2-7,10-13,17,24,30-32H,8-9,14H2,1H3. The summed E-state index contributed by atoms with van der Waals surface area (Å²) in [6, 6.07) is 14.1. The Bertz CT molecular complexity index is 1530. The first-order chi connectivity index (χ1) is 17.1. The van der Waals surface area contributed by atoms with Crippen LogP contribution in [-0.4, -0.2) is 35.5 Å². The second-order valence-corrected chi connectivity index (χ2v) is 12.6. The summed E-state index contributed by atoms with van der Waals surface area (Å²) in [5.41, 5.74) is 0.509. The van der Waals surface area contributed by atoms with Gasteiger partial charge in [0.05, 0.1) is 23.6 Å². The Kier molecular flexibility index (Phi) is 6.65. The van der Waals surface area contributed by atoms with Gasteiger partial charge in [-0.25, -0.2) is 17.5 Å². The number of benzene rings is 2. The molecule has 4 aromatic rings. The predicted octanol–water partition coefficient (Wildman–Crippen LogP) is 5.13. The lowest BCUT2D eigenvalue weighted by atomic mass is 9.96. The molecule has 0 amide bonds. The van der Waals surface area contributed by atoms with Gasteiger partial charge < -0.3 is 10.2 Å². The molecular weight excluding hydrogens is 523 g/mol. The third-order valence-corrected chi connectivity index (χ3v) is 9.84. The molecule has 0 saturated heterocycles. The maximum Gasteiger partial charge on any atom is 0.215 e. The Hall–Kier alpha value is -2.40. The van der Waals surface area contributed by atoms with Gasteiger partial charge in [0.2, 0.25) is 10.0 Å². The van der Waals surface area contributed by atoms with Crippen LogP contribution in [-0.2, 0) is 15.6 Å². The average Bonchev–Trinajstić information content (AvgIpc) is 3.63. The fourth-order valence-electron chi connectivity index (χ4n) is 4.12. The Morgan fingerprint density at radius 3 is 2.67 bits per heavy atom. The van der Waals surface area contributed by atoms with Crippen molar-refractivity contribution in [2.45, 2.75) is 36.7 Å². The van der Waals surface area contributed by atoms with E-state index in [0.29, 0.717) is 29.0 Å². The number of halogens is 2. The monoisotopic (exact) mass is 546 g/mol. The topological polar surface area (TPSA) is 99.5 Å². The highest BCUT2D eigenvalue weighted by atomic mass is 35.5. The van der Waals surface area contributed by atoms with Crippen LogP contribution in [0.25, 0.3) is 21.3 Å². The molecule has 10 heteroatoms. The number of fused-ring (bicyclic) bond motifs is 1. The van der Waals surface area contributed by atoms with E-state index in [1.807, 2.05) is 24.3 Å². The van der Waals surface area contributed by atoms with Crippen molar-refractivity contribution >= 4 is 43.0 Å². The lowest BCUT2D eigenvalue weighted by Crippen LogP contribution is -2.32. The first-order valence-corrected chi connectivity index (χ1v) is 14.1. The SMILES string of the molecule is CC(O)(CO)c1ccnc(-c2cccc3cc(C(NS(=O)(=O)C4CC4)c4c(F)cccc4Cl)sc23)c1. The number of hydrogen-bond acceptors (Lipinski definition) is 6. The molecule has 6 nitrogen and oxygen atoms in total. The van der Waals surface area contributed by atoms with Gasteiger partial charge >= 0.3 is 0 Å². The quantitative estimate of drug-likeness (QED) is 0.285. The van der Waals surface area contributed by atoms with Crippen LogP contribution in [0, 0.1) is 5.82 Å². The van der Waals surface area contributed by atoms with Crippen LogP contribution in [0.4, 0.5) is 4.39 Å². The van der Waals surface area contributed by atoms with Crippen molar-refractivity contribution in [3.8, 4) is 11.3 Å². The zero-order chi connectivity index (χ0) is 25.7. The molecule has 1 saturated carbocycles. The van der Waals surface area contributed by atoms with Crippen LogP contribution in [0.3, 0.4) is 0 Å². The highest BCUT2D eigenvalue weighted by molar-refractivity contribution is 7.90. The van der Waals surface area contributed by atoms with E-state index in [0.717, 1.165) is 15.6 Å². The molecule has 2 unspecified atom stereocenters. The fourth-order valence-corrected chi connectivity index (χ4v) is 7.23. The summed E-state index contributed by atoms with van der Waals surface area (Å²) in [4.78, 5) is 5.05. The van der Waals surface area contributed by atoms with Crippen LogP contribution < -0.4 is 4.72 Å². The van der Waals surface area contributed by atoms with Gasteiger partial charge in [-0.3, -0.25) is 4.98 Å². The summed E-state index contributed by atoms with van der Waals surface area (Å²) >= 11 is 7.70. The molecule has 36 heavy (non-hydrogen) atoms. The number of rotatable bonds is 8. The summed E-state index contributed by atoms with van der Waals surface area (Å²) in [6.45, 7) is 1.07. The second-order valence-electron chi connectivity index (χ2n) is 9.16. The third-order valence-electron chi connectivity index (χ3n) is 6.35. The van der Waals surface area contributed by atoms with Crippen molar-refractivity contribution in [2.75, 3.05) is 6.61 Å². The lowest BCUT2D eigenvalue weighted by molar-refractivity contribution is -0.00230. The minimum absolute atomic E-state index is 0.0793. The molecule has 2 atom stereocenters. The second kappa shape index (κ2) is 9.48. The van der Waals surface area contributed by atoms with E-state index in [1.54, 1.807) is 24.4 Å². The summed E-state index contributed by atoms with van der Waals surface area (Å²) in [5, 5.41) is 20.6. The van der Waals surface area contributed by atoms with Crippen LogP contribution in [0.2, 0.25) is 5.02 Å². The summed E-state index contributed by atoms with van der Waals surface area (Å²) in [7, 11) is -3.67. The van der Waals surface area contributed by atoms with Gasteiger partial charge in [-0.05, 0) is 61.0 Å². The minimum Gasteiger partial charge on any atom is -0.393 e. The van der Waals surface area contributed by atoms with Crippen LogP contribution in [0.1, 0.15) is 41.8 Å². The van der Waals surface area contributed by atoms with E-state index >= 15 is 0 Å². The lowest BCUT2D eigenvalue weighted by Gasteiger charge is -2.21. The number of pyridine rings is 1. The molecule has 0 bridgehead atoms. The molecule has 1 fully saturated rings. The normalized spacial score (nSPS) is 16.7. The fraction of sp³-hybridized carbons (Fsp3) is 0.269. The van der Waals surface area contributed by atoms with Gasteiger partial charge in [0.15, 0.2) is 0 Å². The van der Waals surface area contributed by atoms with E-state index in [9.17, 15) is 23.0 Å². The molecule has 188 valence electrons. The number of nitrogens with one attached hydrogen (secondary N) is 1. The zero-order valence-corrected chi connectivity index (χ0v) is 21.7. The summed E-state index contributed by atoms with van der Waals surface area (Å²) < 4.78 is 44.3. The Labute approximate surface area is 217 Å². The average molecular weight is 547 g/mol. The Morgan fingerprint density at radius 1 is 1.22 bits per heavy atom. The maximum absolute atomic E-state index is 15.0. The molecule has 0 spiro atoms. The molecule has 0 radical (unpaired) electrons. The van der Waals surface area contributed by atoms with Crippen molar-refractivity contribution in [2.24, 2.45) is 0 Å². The first-order valence-electron chi connectivity index (χ1n) is 11.4. The van der Waals surface area contributed by atoms with Gasteiger partial charge in [-0.1, -0.05) is 35.9 Å². The number of hydrogen-bond donors (Lipinski definition) is 3. The highest BCUT2D eigenvalue weighted by Crippen LogP contribution is 2.42. The number of aromatic nitrogens is 1. The summed E-state index contributed by atoms with van der Waals surface area (Å²) in [6.07, 6.45) is 2.71. The number of aliphatic hydroxyl groups is 2. The van der Waals surface area contributed by atoms with Gasteiger partial charge in [0.25, 0.3) is 0 Å². The molecule has 1 aliphatic rings. The highest BCUT2D eigenvalue weighted by Gasteiger charge is 2.39. The largest absolute Gasteiger partial charge is 0.393 e. The van der Waals surface area contributed by atoms with Gasteiger partial charge in [0, 0.05) is 31.9 Å². The molecule has 2 aromatic carbocycles.